The van der Waals surface area contributed by atoms with Crippen LogP contribution in [-0.2, 0) is 37.3 Å². The molecular weight excluding hydrogens is 428 g/mol. The molecule has 0 saturated heterocycles. The Morgan fingerprint density at radius 2 is 1.79 bits per heavy atom. The molecule has 1 N–H and O–H groups in total. The summed E-state index contributed by atoms with van der Waals surface area (Å²) in [5.41, 5.74) is 3.83. The van der Waals surface area contributed by atoms with Gasteiger partial charge < -0.3 is 5.32 Å². The van der Waals surface area contributed by atoms with Crippen molar-refractivity contribution < 1.29 is 9.59 Å². The van der Waals surface area contributed by atoms with Crippen LogP contribution in [0.15, 0.2) is 59.4 Å². The number of nitrogens with one attached hydrogen (secondary N) is 1. The molecule has 0 radical (unpaired) electrons. The lowest BCUT2D eigenvalue weighted by molar-refractivity contribution is -0.116. The van der Waals surface area contributed by atoms with E-state index < -0.39 is 0 Å². The van der Waals surface area contributed by atoms with Crippen LogP contribution < -0.4 is 10.9 Å². The smallest absolute Gasteiger partial charge is 0.257 e. The highest BCUT2D eigenvalue weighted by atomic mass is 16.2. The molecule has 3 aromatic rings. The normalized spacial score (nSPS) is 13.4. The Balaban J connectivity index is 1.52. The van der Waals surface area contributed by atoms with Gasteiger partial charge in [0, 0.05) is 42.9 Å². The van der Waals surface area contributed by atoms with Gasteiger partial charge in [0.15, 0.2) is 5.78 Å². The van der Waals surface area contributed by atoms with Gasteiger partial charge in [-0.15, -0.1) is 0 Å². The van der Waals surface area contributed by atoms with Gasteiger partial charge in [-0.1, -0.05) is 37.3 Å². The van der Waals surface area contributed by atoms with Gasteiger partial charge in [-0.2, -0.15) is 0 Å². The Labute approximate surface area is 199 Å². The molecule has 0 saturated carbocycles. The third-order valence-corrected chi connectivity index (χ3v) is 6.08. The first kappa shape index (κ1) is 23.6. The number of nitrogens with zero attached hydrogens (tertiary/aromatic N) is 3. The average molecular weight is 459 g/mol. The summed E-state index contributed by atoms with van der Waals surface area (Å²) in [6.07, 6.45) is 2.07. The van der Waals surface area contributed by atoms with Crippen LogP contribution in [0.4, 0.5) is 5.69 Å². The van der Waals surface area contributed by atoms with Gasteiger partial charge in [-0.3, -0.25) is 23.9 Å². The fourth-order valence-electron chi connectivity index (χ4n) is 4.32. The van der Waals surface area contributed by atoms with Crippen LogP contribution in [0, 0.1) is 0 Å². The van der Waals surface area contributed by atoms with E-state index in [-0.39, 0.29) is 23.8 Å². The molecule has 0 atom stereocenters. The number of aryl methyl sites for hydroxylation is 1. The molecule has 0 unspecified atom stereocenters. The standard InChI is InChI=1S/C27H30N4O3/c1-3-7-25-29-24-17-30(16-20-8-5-4-6-9-20)15-14-23(24)27(34)31(25)18-26(33)28-22-12-10-21(11-13-22)19(2)32/h4-6,8-13H,3,7,14-18H2,1-2H3,(H,28,33). The zero-order chi connectivity index (χ0) is 24.1. The molecule has 0 aliphatic carbocycles. The summed E-state index contributed by atoms with van der Waals surface area (Å²) in [7, 11) is 0. The van der Waals surface area contributed by atoms with Crippen molar-refractivity contribution in [3.63, 3.8) is 0 Å². The van der Waals surface area contributed by atoms with E-state index in [1.165, 1.54) is 17.1 Å². The first-order valence-electron chi connectivity index (χ1n) is 11.7. The highest BCUT2D eigenvalue weighted by Crippen LogP contribution is 2.18. The van der Waals surface area contributed by atoms with E-state index in [4.69, 9.17) is 4.98 Å². The third kappa shape index (κ3) is 5.48. The topological polar surface area (TPSA) is 84.3 Å². The van der Waals surface area contributed by atoms with E-state index in [1.807, 2.05) is 25.1 Å². The number of amides is 1. The van der Waals surface area contributed by atoms with Crippen LogP contribution in [0.25, 0.3) is 0 Å². The average Bonchev–Trinajstić information content (AvgIpc) is 2.82. The fourth-order valence-corrected chi connectivity index (χ4v) is 4.32. The molecule has 0 spiro atoms. The number of Topliss-reactive ketones (excluding diaryl/α,β-unsaturated/α-hetero) is 1. The lowest BCUT2D eigenvalue weighted by Crippen LogP contribution is -2.40. The van der Waals surface area contributed by atoms with E-state index in [0.717, 1.165) is 25.2 Å². The predicted molar refractivity (Wildman–Crippen MR) is 132 cm³/mol. The zero-order valence-electron chi connectivity index (χ0n) is 19.7. The second-order valence-electron chi connectivity index (χ2n) is 8.72. The molecular formula is C27H30N4O3. The summed E-state index contributed by atoms with van der Waals surface area (Å²) in [6.45, 7) is 5.68. The maximum Gasteiger partial charge on any atom is 0.257 e. The first-order valence-corrected chi connectivity index (χ1v) is 11.7. The van der Waals surface area contributed by atoms with Gasteiger partial charge in [-0.25, -0.2) is 4.98 Å². The fraction of sp³-hybridized carbons (Fsp3) is 0.333. The van der Waals surface area contributed by atoms with Crippen molar-refractivity contribution in [1.29, 1.82) is 0 Å². The summed E-state index contributed by atoms with van der Waals surface area (Å²) in [5, 5.41) is 2.82. The Kier molecular flexibility index (Phi) is 7.33. The van der Waals surface area contributed by atoms with Gasteiger partial charge in [0.1, 0.15) is 12.4 Å². The Morgan fingerprint density at radius 3 is 2.47 bits per heavy atom. The highest BCUT2D eigenvalue weighted by molar-refractivity contribution is 5.95. The molecule has 1 aromatic heterocycles. The Hall–Kier alpha value is -3.58. The van der Waals surface area contributed by atoms with Crippen molar-refractivity contribution >= 4 is 17.4 Å². The lowest BCUT2D eigenvalue weighted by Gasteiger charge is -2.29. The maximum atomic E-state index is 13.4. The molecule has 7 nitrogen and oxygen atoms in total. The van der Waals surface area contributed by atoms with E-state index >= 15 is 0 Å². The van der Waals surface area contributed by atoms with E-state index in [2.05, 4.69) is 22.3 Å². The number of carbonyl (C=O) groups is 2. The van der Waals surface area contributed by atoms with E-state index in [1.54, 1.807) is 24.3 Å². The molecule has 1 aliphatic rings. The summed E-state index contributed by atoms with van der Waals surface area (Å²) < 4.78 is 1.52. The van der Waals surface area contributed by atoms with Gasteiger partial charge in [0.05, 0.1) is 5.69 Å². The minimum Gasteiger partial charge on any atom is -0.325 e. The summed E-state index contributed by atoms with van der Waals surface area (Å²) in [6, 6.07) is 17.0. The van der Waals surface area contributed by atoms with Crippen LogP contribution in [0.2, 0.25) is 0 Å². The molecule has 1 amide bonds. The molecule has 0 fully saturated rings. The maximum absolute atomic E-state index is 13.4. The summed E-state index contributed by atoms with van der Waals surface area (Å²) in [4.78, 5) is 44.7. The van der Waals surface area contributed by atoms with Gasteiger partial charge in [0.2, 0.25) is 5.91 Å². The summed E-state index contributed by atoms with van der Waals surface area (Å²) >= 11 is 0. The Bertz CT molecular complexity index is 1230. The van der Waals surface area contributed by atoms with Crippen molar-refractivity contribution in [2.75, 3.05) is 11.9 Å². The monoisotopic (exact) mass is 458 g/mol. The number of ketones is 1. The number of aromatic nitrogens is 2. The molecule has 4 rings (SSSR count). The predicted octanol–water partition coefficient (Wildman–Crippen LogP) is 3.60. The third-order valence-electron chi connectivity index (χ3n) is 6.08. The van der Waals surface area contributed by atoms with Crippen LogP contribution in [0.5, 0.6) is 0 Å². The number of fused-ring (bicyclic) bond motifs is 1. The number of carbonyl (C=O) groups excluding carboxylic acids is 2. The van der Waals surface area contributed by atoms with Crippen molar-refractivity contribution in [2.45, 2.75) is 52.7 Å². The minimum atomic E-state index is -0.293. The molecule has 2 heterocycles. The van der Waals surface area contributed by atoms with Crippen LogP contribution >= 0.6 is 0 Å². The van der Waals surface area contributed by atoms with Gasteiger partial charge >= 0.3 is 0 Å². The minimum absolute atomic E-state index is 0.0314. The largest absolute Gasteiger partial charge is 0.325 e. The number of hydrogen-bond donors (Lipinski definition) is 1. The molecule has 7 heteroatoms. The second-order valence-corrected chi connectivity index (χ2v) is 8.72. The van der Waals surface area contributed by atoms with E-state index in [0.29, 0.717) is 42.0 Å². The number of rotatable bonds is 8. The first-order chi connectivity index (χ1) is 16.4. The van der Waals surface area contributed by atoms with Crippen LogP contribution in [-0.4, -0.2) is 32.7 Å². The molecule has 0 bridgehead atoms. The Morgan fingerprint density at radius 1 is 1.06 bits per heavy atom. The SMILES string of the molecule is CCCc1nc2c(c(=O)n1CC(=O)Nc1ccc(C(C)=O)cc1)CCN(Cc1ccccc1)C2. The molecule has 2 aromatic carbocycles. The molecule has 176 valence electrons. The van der Waals surface area contributed by atoms with E-state index in [9.17, 15) is 14.4 Å². The highest BCUT2D eigenvalue weighted by Gasteiger charge is 2.24. The number of benzene rings is 2. The van der Waals surface area contributed by atoms with Gasteiger partial charge in [-0.05, 0) is 49.6 Å². The van der Waals surface area contributed by atoms with Gasteiger partial charge in [0.25, 0.3) is 5.56 Å². The van der Waals surface area contributed by atoms with Crippen LogP contribution in [0.3, 0.4) is 0 Å². The summed E-state index contributed by atoms with van der Waals surface area (Å²) in [5.74, 6) is 0.323. The van der Waals surface area contributed by atoms with Crippen molar-refractivity contribution in [3.05, 3.63) is 93.2 Å². The molecule has 34 heavy (non-hydrogen) atoms. The number of anilines is 1. The zero-order valence-corrected chi connectivity index (χ0v) is 19.7. The lowest BCUT2D eigenvalue weighted by atomic mass is 10.0. The quantitative estimate of drug-likeness (QED) is 0.522. The van der Waals surface area contributed by atoms with Crippen molar-refractivity contribution in [1.82, 2.24) is 14.5 Å². The second kappa shape index (κ2) is 10.6. The van der Waals surface area contributed by atoms with Crippen molar-refractivity contribution in [2.24, 2.45) is 0 Å². The molecule has 1 aliphatic heterocycles. The number of hydrogen-bond acceptors (Lipinski definition) is 5. The van der Waals surface area contributed by atoms with Crippen LogP contribution in [0.1, 0.15) is 53.3 Å². The van der Waals surface area contributed by atoms with Crippen molar-refractivity contribution in [3.8, 4) is 0 Å².